The first-order valence-corrected chi connectivity index (χ1v) is 10.2. The summed E-state index contributed by atoms with van der Waals surface area (Å²) < 4.78 is 0. The van der Waals surface area contributed by atoms with E-state index in [1.165, 1.54) is 29.5 Å². The van der Waals surface area contributed by atoms with Crippen LogP contribution in [0.5, 0.6) is 0 Å². The van der Waals surface area contributed by atoms with Gasteiger partial charge >= 0.3 is 0 Å². The van der Waals surface area contributed by atoms with Crippen molar-refractivity contribution >= 4 is 30.0 Å². The minimum absolute atomic E-state index is 0. The van der Waals surface area contributed by atoms with Crippen LogP contribution in [0.4, 0.5) is 17.6 Å². The van der Waals surface area contributed by atoms with Crippen molar-refractivity contribution in [3.8, 4) is 11.3 Å². The van der Waals surface area contributed by atoms with Crippen molar-refractivity contribution in [1.29, 1.82) is 0 Å². The van der Waals surface area contributed by atoms with Crippen LogP contribution in [0.3, 0.4) is 0 Å². The second-order valence-corrected chi connectivity index (χ2v) is 8.01. The normalized spacial score (nSPS) is 14.4. The van der Waals surface area contributed by atoms with Crippen molar-refractivity contribution in [3.63, 3.8) is 0 Å². The van der Waals surface area contributed by atoms with Crippen LogP contribution in [0.25, 0.3) is 11.3 Å². The summed E-state index contributed by atoms with van der Waals surface area (Å²) in [7, 11) is 0. The van der Waals surface area contributed by atoms with Crippen molar-refractivity contribution in [1.82, 2.24) is 25.5 Å². The number of hydrogen-bond donors (Lipinski definition) is 4. The average molecular weight is 428 g/mol. The summed E-state index contributed by atoms with van der Waals surface area (Å²) in [5.41, 5.74) is 13.9. The van der Waals surface area contributed by atoms with E-state index in [9.17, 15) is 0 Å². The van der Waals surface area contributed by atoms with Gasteiger partial charge in [0.25, 0.3) is 0 Å². The van der Waals surface area contributed by atoms with Gasteiger partial charge in [0.1, 0.15) is 5.82 Å². The first-order chi connectivity index (χ1) is 13.9. The lowest BCUT2D eigenvalue weighted by Gasteiger charge is -2.25. The minimum Gasteiger partial charge on any atom is -0.368 e. The third-order valence-electron chi connectivity index (χ3n) is 5.76. The maximum atomic E-state index is 6.06. The zero-order chi connectivity index (χ0) is 20.5. The van der Waals surface area contributed by atoms with Gasteiger partial charge in [0.05, 0.1) is 5.69 Å². The molecule has 1 fully saturated rings. The summed E-state index contributed by atoms with van der Waals surface area (Å²) in [6.07, 6.45) is 2.38. The molecular weight excluding hydrogens is 398 g/mol. The molecule has 0 spiro atoms. The Morgan fingerprint density at radius 2 is 1.73 bits per heavy atom. The van der Waals surface area contributed by atoms with Crippen molar-refractivity contribution in [3.05, 3.63) is 46.1 Å². The molecule has 1 aromatic carbocycles. The molecule has 4 rings (SSSR count). The number of nitrogen functional groups attached to an aromatic ring is 1. The molecule has 0 unspecified atom stereocenters. The van der Waals surface area contributed by atoms with Crippen LogP contribution in [0.15, 0.2) is 18.2 Å². The zero-order valence-electron chi connectivity index (χ0n) is 18.0. The fourth-order valence-electron chi connectivity index (χ4n) is 4.19. The number of nitrogens with two attached hydrogens (primary N) is 1. The quantitative estimate of drug-likeness (QED) is 0.494. The van der Waals surface area contributed by atoms with Crippen LogP contribution in [0.2, 0.25) is 0 Å². The topological polar surface area (TPSA) is 105 Å². The van der Waals surface area contributed by atoms with E-state index in [2.05, 4.69) is 56.8 Å². The number of aromatic amines is 1. The Morgan fingerprint density at radius 3 is 2.40 bits per heavy atom. The van der Waals surface area contributed by atoms with Gasteiger partial charge < -0.3 is 16.4 Å². The van der Waals surface area contributed by atoms with E-state index in [4.69, 9.17) is 5.73 Å². The molecule has 30 heavy (non-hydrogen) atoms. The van der Waals surface area contributed by atoms with Crippen LogP contribution in [0.1, 0.15) is 46.7 Å². The van der Waals surface area contributed by atoms with E-state index >= 15 is 0 Å². The second kappa shape index (κ2) is 9.02. The highest BCUT2D eigenvalue weighted by Gasteiger charge is 2.20. The molecule has 7 nitrogen and oxygen atoms in total. The van der Waals surface area contributed by atoms with Crippen LogP contribution < -0.4 is 16.4 Å². The summed E-state index contributed by atoms with van der Waals surface area (Å²) in [5, 5.41) is 13.9. The number of rotatable bonds is 4. The molecule has 1 aliphatic rings. The first kappa shape index (κ1) is 22.1. The third-order valence-corrected chi connectivity index (χ3v) is 5.76. The highest BCUT2D eigenvalue weighted by Crippen LogP contribution is 2.35. The van der Waals surface area contributed by atoms with Gasteiger partial charge in [-0.15, -0.1) is 12.4 Å². The van der Waals surface area contributed by atoms with E-state index < -0.39 is 0 Å². The third kappa shape index (κ3) is 4.42. The number of halogens is 1. The van der Waals surface area contributed by atoms with Gasteiger partial charge in [-0.05, 0) is 82.3 Å². The molecule has 8 heteroatoms. The van der Waals surface area contributed by atoms with Gasteiger partial charge in [-0.3, -0.25) is 5.10 Å². The summed E-state index contributed by atoms with van der Waals surface area (Å²) in [6.45, 7) is 10.5. The van der Waals surface area contributed by atoms with Crippen LogP contribution in [-0.4, -0.2) is 33.3 Å². The zero-order valence-corrected chi connectivity index (χ0v) is 18.8. The lowest BCUT2D eigenvalue weighted by molar-refractivity contribution is 0.459. The number of piperidine rings is 1. The molecule has 5 N–H and O–H groups in total. The van der Waals surface area contributed by atoms with Crippen molar-refractivity contribution < 1.29 is 0 Å². The van der Waals surface area contributed by atoms with Gasteiger partial charge in [0.2, 0.25) is 5.95 Å². The number of benzene rings is 1. The molecule has 0 amide bonds. The highest BCUT2D eigenvalue weighted by atomic mass is 35.5. The average Bonchev–Trinajstić information content (AvgIpc) is 3.11. The second-order valence-electron chi connectivity index (χ2n) is 8.01. The fraction of sp³-hybridized carbons (Fsp3) is 0.409. The largest absolute Gasteiger partial charge is 0.368 e. The monoisotopic (exact) mass is 427 g/mol. The maximum Gasteiger partial charge on any atom is 0.222 e. The highest BCUT2D eigenvalue weighted by molar-refractivity contribution is 5.85. The molecule has 160 valence electrons. The van der Waals surface area contributed by atoms with Gasteiger partial charge in [0, 0.05) is 22.9 Å². The molecule has 3 heterocycles. The van der Waals surface area contributed by atoms with Crippen molar-refractivity contribution in [2.24, 2.45) is 0 Å². The van der Waals surface area contributed by atoms with E-state index in [1.807, 2.05) is 19.9 Å². The Bertz CT molecular complexity index is 1040. The van der Waals surface area contributed by atoms with Crippen LogP contribution in [-0.2, 0) is 0 Å². The molecule has 0 atom stereocenters. The number of aromatic nitrogens is 4. The molecule has 0 saturated carbocycles. The standard InChI is InChI=1S/C22H29N7.ClH/c1-12-10-18(13(2)9-17(12)16-5-7-24-8-6-16)20-15(4)21(27-22(23)26-20)25-19-11-14(3)28-29-19;/h9-11,16,24H,5-8H2,1-4H3,(H4,23,25,26,27,28,29);1H. The summed E-state index contributed by atoms with van der Waals surface area (Å²) >= 11 is 0. The number of anilines is 3. The molecule has 0 bridgehead atoms. The lowest BCUT2D eigenvalue weighted by Crippen LogP contribution is -2.27. The van der Waals surface area contributed by atoms with E-state index in [-0.39, 0.29) is 18.4 Å². The number of aryl methyl sites for hydroxylation is 3. The molecule has 0 radical (unpaired) electrons. The number of H-pyrrole nitrogens is 1. The number of nitrogens with zero attached hydrogens (tertiary/aromatic N) is 3. The van der Waals surface area contributed by atoms with Crippen molar-refractivity contribution in [2.45, 2.75) is 46.5 Å². The van der Waals surface area contributed by atoms with Gasteiger partial charge in [-0.25, -0.2) is 4.98 Å². The molecule has 2 aromatic heterocycles. The molecular formula is C22H30ClN7. The van der Waals surface area contributed by atoms with E-state index in [0.29, 0.717) is 17.6 Å². The Labute approximate surface area is 183 Å². The Kier molecular flexibility index (Phi) is 6.63. The Hall–Kier alpha value is -2.64. The minimum atomic E-state index is 0. The number of nitrogens with one attached hydrogen (secondary N) is 3. The molecule has 1 aliphatic heterocycles. The predicted molar refractivity (Wildman–Crippen MR) is 125 cm³/mol. The van der Waals surface area contributed by atoms with Crippen LogP contribution in [0, 0.1) is 27.7 Å². The van der Waals surface area contributed by atoms with E-state index in [0.717, 1.165) is 35.6 Å². The molecule has 1 saturated heterocycles. The molecule has 3 aromatic rings. The van der Waals surface area contributed by atoms with Crippen molar-refractivity contribution in [2.75, 3.05) is 24.1 Å². The summed E-state index contributed by atoms with van der Waals surface area (Å²) in [5.74, 6) is 2.27. The lowest BCUT2D eigenvalue weighted by atomic mass is 9.84. The maximum absolute atomic E-state index is 6.06. The Balaban J connectivity index is 0.00000256. The predicted octanol–water partition coefficient (Wildman–Crippen LogP) is 4.31. The SMILES string of the molecule is Cc1cc(Nc2nc(N)nc(-c3cc(C)c(C4CCNCC4)cc3C)c2C)n[nH]1.Cl. The number of hydrogen-bond acceptors (Lipinski definition) is 6. The Morgan fingerprint density at radius 1 is 1.00 bits per heavy atom. The van der Waals surface area contributed by atoms with Gasteiger partial charge in [0.15, 0.2) is 5.82 Å². The molecule has 0 aliphatic carbocycles. The van der Waals surface area contributed by atoms with Gasteiger partial charge in [-0.1, -0.05) is 6.07 Å². The fourth-order valence-corrected chi connectivity index (χ4v) is 4.19. The van der Waals surface area contributed by atoms with Gasteiger partial charge in [-0.2, -0.15) is 10.1 Å². The first-order valence-electron chi connectivity index (χ1n) is 10.2. The summed E-state index contributed by atoms with van der Waals surface area (Å²) in [4.78, 5) is 8.98. The van der Waals surface area contributed by atoms with E-state index in [1.54, 1.807) is 0 Å². The van der Waals surface area contributed by atoms with Crippen LogP contribution >= 0.6 is 12.4 Å². The smallest absolute Gasteiger partial charge is 0.222 e. The summed E-state index contributed by atoms with van der Waals surface area (Å²) in [6, 6.07) is 6.52.